The van der Waals surface area contributed by atoms with Crippen LogP contribution in [0.25, 0.3) is 21.5 Å². The molecule has 5 nitrogen and oxygen atoms in total. The number of hydrogen-bond acceptors (Lipinski definition) is 4. The highest BCUT2D eigenvalue weighted by Crippen LogP contribution is 2.30. The molecule has 6 heteroatoms. The minimum Gasteiger partial charge on any atom is -0.443 e. The van der Waals surface area contributed by atoms with Crippen molar-refractivity contribution in [2.45, 2.75) is 32.8 Å². The Bertz CT molecular complexity index is 1490. The summed E-state index contributed by atoms with van der Waals surface area (Å²) < 4.78 is 5.28. The number of benzene rings is 3. The van der Waals surface area contributed by atoms with E-state index in [-0.39, 0.29) is 12.5 Å². The number of ether oxygens (including phenoxy) is 1. The summed E-state index contributed by atoms with van der Waals surface area (Å²) in [4.78, 5) is 24.5. The summed E-state index contributed by atoms with van der Waals surface area (Å²) in [5, 5.41) is 4.34. The third-order valence-corrected chi connectivity index (χ3v) is 7.34. The van der Waals surface area contributed by atoms with E-state index in [1.54, 1.807) is 17.6 Å². The summed E-state index contributed by atoms with van der Waals surface area (Å²) in [7, 11) is 0. The summed E-state index contributed by atoms with van der Waals surface area (Å²) in [6.45, 7) is 2.33. The molecule has 2 aromatic heterocycles. The van der Waals surface area contributed by atoms with E-state index in [1.807, 2.05) is 36.4 Å². The molecule has 0 fully saturated rings. The van der Waals surface area contributed by atoms with Crippen molar-refractivity contribution in [3.8, 4) is 10.6 Å². The highest BCUT2D eigenvalue weighted by molar-refractivity contribution is 7.13. The number of carbonyl (C=O) groups excluding carboxylic acids is 1. The molecule has 2 heterocycles. The molecule has 0 radical (unpaired) electrons. The summed E-state index contributed by atoms with van der Waals surface area (Å²) in [6.07, 6.45) is 5.72. The lowest BCUT2D eigenvalue weighted by atomic mass is 9.97. The number of H-pyrrole nitrogens is 1. The van der Waals surface area contributed by atoms with Gasteiger partial charge in [0.1, 0.15) is 11.6 Å². The molecule has 1 amide bonds. The smallest absolute Gasteiger partial charge is 0.433 e. The minimum atomic E-state index is -0.557. The van der Waals surface area contributed by atoms with Gasteiger partial charge >= 0.3 is 6.09 Å². The van der Waals surface area contributed by atoms with Gasteiger partial charge in [0.05, 0.1) is 5.69 Å². The van der Waals surface area contributed by atoms with Crippen molar-refractivity contribution in [1.29, 1.82) is 0 Å². The molecule has 0 saturated heterocycles. The van der Waals surface area contributed by atoms with Gasteiger partial charge in [-0.2, -0.15) is 4.99 Å². The first-order valence-corrected chi connectivity index (χ1v) is 13.4. The third kappa shape index (κ3) is 6.40. The van der Waals surface area contributed by atoms with Crippen LogP contribution in [0, 0.1) is 5.92 Å². The lowest BCUT2D eigenvalue weighted by Gasteiger charge is -2.09. The third-order valence-electron chi connectivity index (χ3n) is 6.40. The van der Waals surface area contributed by atoms with Gasteiger partial charge in [0.15, 0.2) is 0 Å². The van der Waals surface area contributed by atoms with Crippen LogP contribution in [-0.4, -0.2) is 22.3 Å². The minimum absolute atomic E-state index is 0.129. The van der Waals surface area contributed by atoms with Gasteiger partial charge in [0.2, 0.25) is 0 Å². The molecule has 1 atom stereocenters. The first kappa shape index (κ1) is 24.7. The predicted octanol–water partition coefficient (Wildman–Crippen LogP) is 7.86. The highest BCUT2D eigenvalue weighted by atomic mass is 32.1. The predicted molar refractivity (Wildman–Crippen MR) is 151 cm³/mol. The zero-order chi connectivity index (χ0) is 25.5. The lowest BCUT2D eigenvalue weighted by Crippen LogP contribution is -2.07. The zero-order valence-electron chi connectivity index (χ0n) is 20.8. The van der Waals surface area contributed by atoms with Crippen molar-refractivity contribution in [1.82, 2.24) is 9.97 Å². The van der Waals surface area contributed by atoms with Crippen LogP contribution in [-0.2, 0) is 24.2 Å². The summed E-state index contributed by atoms with van der Waals surface area (Å²) >= 11 is 1.68. The molecule has 1 N–H and O–H groups in total. The van der Waals surface area contributed by atoms with E-state index in [1.165, 1.54) is 16.5 Å². The Balaban J connectivity index is 1.26. The second-order valence-corrected chi connectivity index (χ2v) is 9.93. The molecule has 0 bridgehead atoms. The van der Waals surface area contributed by atoms with Gasteiger partial charge < -0.3 is 9.72 Å². The van der Waals surface area contributed by atoms with E-state index in [0.717, 1.165) is 46.6 Å². The van der Waals surface area contributed by atoms with E-state index in [9.17, 15) is 4.79 Å². The molecule has 0 saturated carbocycles. The van der Waals surface area contributed by atoms with Crippen LogP contribution in [0.5, 0.6) is 0 Å². The van der Waals surface area contributed by atoms with E-state index >= 15 is 0 Å². The molecular weight excluding hydrogens is 478 g/mol. The maximum Gasteiger partial charge on any atom is 0.433 e. The Labute approximate surface area is 220 Å². The first-order chi connectivity index (χ1) is 18.2. The Morgan fingerprint density at radius 3 is 2.57 bits per heavy atom. The maximum atomic E-state index is 12.1. The molecule has 0 aliphatic rings. The monoisotopic (exact) mass is 507 g/mol. The van der Waals surface area contributed by atoms with E-state index in [2.05, 4.69) is 70.9 Å². The number of aromatic amines is 1. The number of aromatic nitrogens is 2. The molecule has 0 aliphatic carbocycles. The van der Waals surface area contributed by atoms with E-state index in [4.69, 9.17) is 9.72 Å². The second-order valence-electron chi connectivity index (χ2n) is 9.07. The second kappa shape index (κ2) is 11.8. The van der Waals surface area contributed by atoms with E-state index in [0.29, 0.717) is 0 Å². The Hall–Kier alpha value is -4.03. The number of hydrogen-bond donors (Lipinski definition) is 1. The summed E-state index contributed by atoms with van der Waals surface area (Å²) in [5.41, 5.74) is 6.70. The largest absolute Gasteiger partial charge is 0.443 e. The van der Waals surface area contributed by atoms with Crippen molar-refractivity contribution < 1.29 is 9.53 Å². The maximum absolute atomic E-state index is 12.1. The fourth-order valence-electron chi connectivity index (χ4n) is 4.31. The van der Waals surface area contributed by atoms with Crippen LogP contribution < -0.4 is 0 Å². The average molecular weight is 508 g/mol. The van der Waals surface area contributed by atoms with Gasteiger partial charge in [-0.25, -0.2) is 9.78 Å². The van der Waals surface area contributed by atoms with Crippen LogP contribution in [0.15, 0.2) is 95.4 Å². The van der Waals surface area contributed by atoms with E-state index < -0.39 is 6.09 Å². The van der Waals surface area contributed by atoms with Crippen molar-refractivity contribution >= 4 is 34.5 Å². The number of carbonyl (C=O) groups is 1. The first-order valence-electron chi connectivity index (χ1n) is 12.5. The zero-order valence-corrected chi connectivity index (χ0v) is 21.6. The molecule has 5 rings (SSSR count). The van der Waals surface area contributed by atoms with Gasteiger partial charge in [-0.1, -0.05) is 67.6 Å². The molecule has 5 aromatic rings. The number of aliphatic imine (C=N–C) groups is 1. The van der Waals surface area contributed by atoms with Crippen LogP contribution in [0.3, 0.4) is 0 Å². The number of rotatable bonds is 9. The topological polar surface area (TPSA) is 67.3 Å². The molecule has 0 aliphatic heterocycles. The number of amides is 1. The van der Waals surface area contributed by atoms with Crippen molar-refractivity contribution in [2.75, 3.05) is 0 Å². The molecule has 3 aromatic carbocycles. The standard InChI is InChI=1S/C31H29N3O2S/c1-2-22(18-33-31(35)36-20-24-11-7-4-8-12-24)15-26-19-32-29-14-13-25(17-28(26)29)30-34-27(21-37-30)16-23-9-5-3-6-10-23/h3-14,17-19,21-22,32H,2,15-16,20H2,1H3/t22-/m1/s1. The average Bonchev–Trinajstić information content (AvgIpc) is 3.57. The quantitative estimate of drug-likeness (QED) is 0.207. The van der Waals surface area contributed by atoms with Crippen LogP contribution in [0.2, 0.25) is 0 Å². The fraction of sp³-hybridized carbons (Fsp3) is 0.194. The number of fused-ring (bicyclic) bond motifs is 1. The SMILES string of the molecule is CC[C@@H](C=NC(=O)OCc1ccccc1)Cc1c[nH]c2ccc(-c3nc(Cc4ccccc4)cs3)cc12. The summed E-state index contributed by atoms with van der Waals surface area (Å²) in [6, 6.07) is 26.5. The molecular formula is C31H29N3O2S. The fourth-order valence-corrected chi connectivity index (χ4v) is 5.13. The molecule has 37 heavy (non-hydrogen) atoms. The number of nitrogens with one attached hydrogen (secondary N) is 1. The normalized spacial score (nSPS) is 12.2. The molecule has 186 valence electrons. The Morgan fingerprint density at radius 1 is 1.05 bits per heavy atom. The van der Waals surface area contributed by atoms with Crippen LogP contribution in [0.4, 0.5) is 4.79 Å². The van der Waals surface area contributed by atoms with Crippen LogP contribution >= 0.6 is 11.3 Å². The molecule has 0 spiro atoms. The van der Waals surface area contributed by atoms with Gasteiger partial charge in [-0.05, 0) is 53.6 Å². The van der Waals surface area contributed by atoms with Gasteiger partial charge in [0, 0.05) is 40.7 Å². The Morgan fingerprint density at radius 2 is 1.81 bits per heavy atom. The van der Waals surface area contributed by atoms with Gasteiger partial charge in [-0.3, -0.25) is 0 Å². The number of thiazole rings is 1. The van der Waals surface area contributed by atoms with Crippen molar-refractivity contribution in [2.24, 2.45) is 10.9 Å². The number of nitrogens with zero attached hydrogens (tertiary/aromatic N) is 2. The lowest BCUT2D eigenvalue weighted by molar-refractivity contribution is 0.151. The van der Waals surface area contributed by atoms with Gasteiger partial charge in [-0.15, -0.1) is 11.3 Å². The summed E-state index contributed by atoms with van der Waals surface area (Å²) in [5.74, 6) is 0.129. The Kier molecular flexibility index (Phi) is 7.87. The van der Waals surface area contributed by atoms with Crippen LogP contribution in [0.1, 0.15) is 35.7 Å². The van der Waals surface area contributed by atoms with Gasteiger partial charge in [0.25, 0.3) is 0 Å². The van der Waals surface area contributed by atoms with Crippen molar-refractivity contribution in [3.05, 3.63) is 113 Å². The molecule has 0 unspecified atom stereocenters. The highest BCUT2D eigenvalue weighted by Gasteiger charge is 2.13. The van der Waals surface area contributed by atoms with Crippen molar-refractivity contribution in [3.63, 3.8) is 0 Å².